The van der Waals surface area contributed by atoms with Gasteiger partial charge in [-0.25, -0.2) is 4.98 Å². The van der Waals surface area contributed by atoms with Gasteiger partial charge in [-0.1, -0.05) is 0 Å². The number of carbonyl (C=O) groups is 1. The van der Waals surface area contributed by atoms with Crippen molar-refractivity contribution in [2.75, 3.05) is 24.7 Å². The first-order valence-electron chi connectivity index (χ1n) is 10.3. The molecule has 0 radical (unpaired) electrons. The summed E-state index contributed by atoms with van der Waals surface area (Å²) in [6.45, 7) is 1.65. The monoisotopic (exact) mass is 475 g/mol. The van der Waals surface area contributed by atoms with E-state index in [1.807, 2.05) is 0 Å². The number of thioether (sulfide) groups is 1. The molecule has 10 nitrogen and oxygen atoms in total. The molecule has 1 atom stereocenters. The zero-order chi connectivity index (χ0) is 22.8. The first-order valence-corrected chi connectivity index (χ1v) is 12.2. The van der Waals surface area contributed by atoms with E-state index in [1.54, 1.807) is 37.3 Å². The molecular formula is C20H25N7O3S2. The van der Waals surface area contributed by atoms with Crippen LogP contribution < -0.4 is 16.2 Å². The molecular weight excluding hydrogens is 450 g/mol. The second-order valence-corrected chi connectivity index (χ2v) is 10.2. The maximum atomic E-state index is 12.7. The normalized spacial score (nSPS) is 14.2. The number of thiophene rings is 1. The molecule has 0 unspecified atom stereocenters. The van der Waals surface area contributed by atoms with E-state index < -0.39 is 11.2 Å². The highest BCUT2D eigenvalue weighted by Crippen LogP contribution is 2.33. The Labute approximate surface area is 193 Å². The van der Waals surface area contributed by atoms with Crippen molar-refractivity contribution in [3.05, 3.63) is 32.4 Å². The number of esters is 1. The maximum Gasteiger partial charge on any atom is 0.319 e. The lowest BCUT2D eigenvalue weighted by atomic mass is 9.97. The summed E-state index contributed by atoms with van der Waals surface area (Å²) >= 11 is 2.96. The minimum Gasteiger partial charge on any atom is -0.457 e. The van der Waals surface area contributed by atoms with Crippen LogP contribution in [0.1, 0.15) is 41.9 Å². The predicted octanol–water partition coefficient (Wildman–Crippen LogP) is 2.06. The number of nitrogen functional groups attached to an aromatic ring is 1. The summed E-state index contributed by atoms with van der Waals surface area (Å²) in [6.07, 6.45) is 4.24. The van der Waals surface area contributed by atoms with Crippen LogP contribution in [0, 0.1) is 0 Å². The van der Waals surface area contributed by atoms with E-state index in [9.17, 15) is 9.59 Å². The molecule has 12 heteroatoms. The highest BCUT2D eigenvalue weighted by atomic mass is 32.2. The lowest BCUT2D eigenvalue weighted by molar-refractivity contribution is -0.144. The molecule has 3 heterocycles. The summed E-state index contributed by atoms with van der Waals surface area (Å²) < 4.78 is 5.34. The summed E-state index contributed by atoms with van der Waals surface area (Å²) in [5.74, 6) is 1.30. The number of carbonyl (C=O) groups excluding carboxylic acids is 1. The number of fused-ring (bicyclic) bond motifs is 3. The third-order valence-electron chi connectivity index (χ3n) is 5.11. The molecule has 0 fully saturated rings. The fraction of sp³-hybridized carbons (Fsp3) is 0.500. The van der Waals surface area contributed by atoms with Crippen molar-refractivity contribution in [1.29, 1.82) is 0 Å². The molecule has 0 bridgehead atoms. The third-order valence-corrected chi connectivity index (χ3v) is 7.43. The summed E-state index contributed by atoms with van der Waals surface area (Å²) in [5.41, 5.74) is 6.76. The number of nitrogens with zero attached hydrogens (tertiary/aromatic N) is 5. The lowest BCUT2D eigenvalue weighted by Gasteiger charge is -2.13. The predicted molar refractivity (Wildman–Crippen MR) is 126 cm³/mol. The van der Waals surface area contributed by atoms with Crippen LogP contribution in [0.2, 0.25) is 0 Å². The third kappa shape index (κ3) is 4.85. The smallest absolute Gasteiger partial charge is 0.319 e. The van der Waals surface area contributed by atoms with E-state index >= 15 is 0 Å². The van der Waals surface area contributed by atoms with Crippen molar-refractivity contribution >= 4 is 51.2 Å². The number of nitrogens with one attached hydrogen (secondary N) is 1. The Balaban J connectivity index is 1.37. The Hall–Kier alpha value is -2.73. The number of aryl methyl sites for hydroxylation is 2. The van der Waals surface area contributed by atoms with E-state index in [-0.39, 0.29) is 23.9 Å². The molecule has 4 rings (SSSR count). The summed E-state index contributed by atoms with van der Waals surface area (Å²) in [6, 6.07) is 0. The minimum absolute atomic E-state index is 0.0675. The maximum absolute atomic E-state index is 12.7. The number of hydrogen-bond acceptors (Lipinski definition) is 11. The fourth-order valence-corrected chi connectivity index (χ4v) is 5.52. The lowest BCUT2D eigenvalue weighted by Crippen LogP contribution is -2.20. The highest BCUT2D eigenvalue weighted by Gasteiger charge is 2.21. The molecule has 1 aliphatic rings. The Bertz CT molecular complexity index is 1210. The van der Waals surface area contributed by atoms with Crippen LogP contribution in [-0.4, -0.2) is 50.2 Å². The molecule has 32 heavy (non-hydrogen) atoms. The van der Waals surface area contributed by atoms with Gasteiger partial charge in [0, 0.05) is 19.0 Å². The Morgan fingerprint density at radius 1 is 1.25 bits per heavy atom. The zero-order valence-electron chi connectivity index (χ0n) is 18.2. The topological polar surface area (TPSA) is 140 Å². The quantitative estimate of drug-likeness (QED) is 0.488. The Kier molecular flexibility index (Phi) is 6.60. The molecule has 3 aromatic rings. The van der Waals surface area contributed by atoms with Crippen LogP contribution in [0.15, 0.2) is 4.79 Å². The van der Waals surface area contributed by atoms with Crippen molar-refractivity contribution in [2.24, 2.45) is 0 Å². The van der Waals surface area contributed by atoms with Gasteiger partial charge in [0.25, 0.3) is 5.56 Å². The number of aromatic nitrogens is 5. The van der Waals surface area contributed by atoms with Crippen LogP contribution in [0.3, 0.4) is 0 Å². The van der Waals surface area contributed by atoms with Gasteiger partial charge in [-0.2, -0.15) is 15.0 Å². The minimum atomic E-state index is -0.458. The first kappa shape index (κ1) is 22.5. The number of ether oxygens (including phenoxy) is 1. The summed E-state index contributed by atoms with van der Waals surface area (Å²) in [7, 11) is 3.56. The van der Waals surface area contributed by atoms with E-state index in [2.05, 4.69) is 24.9 Å². The number of H-pyrrole nitrogens is 1. The number of hydrogen-bond donors (Lipinski definition) is 2. The van der Waals surface area contributed by atoms with E-state index in [1.165, 1.54) is 16.6 Å². The first-order chi connectivity index (χ1) is 15.3. The van der Waals surface area contributed by atoms with Crippen molar-refractivity contribution < 1.29 is 9.53 Å². The average Bonchev–Trinajstić information content (AvgIpc) is 3.14. The van der Waals surface area contributed by atoms with Gasteiger partial charge < -0.3 is 20.4 Å². The SMILES string of the molecule is C[C@@H](SCc1nc2sc3c(c2c(=O)[nH]1)CCCC3)C(=O)OCc1nc(N)nc(N(C)C)n1. The largest absolute Gasteiger partial charge is 0.457 e. The van der Waals surface area contributed by atoms with E-state index in [0.717, 1.165) is 41.5 Å². The molecule has 0 amide bonds. The Morgan fingerprint density at radius 2 is 2.03 bits per heavy atom. The molecule has 0 saturated carbocycles. The molecule has 1 aliphatic carbocycles. The summed E-state index contributed by atoms with van der Waals surface area (Å²) in [4.78, 5) is 48.6. The fourth-order valence-electron chi connectivity index (χ4n) is 3.49. The van der Waals surface area contributed by atoms with Crippen molar-refractivity contribution in [3.8, 4) is 0 Å². The van der Waals surface area contributed by atoms with Gasteiger partial charge in [0.15, 0.2) is 12.4 Å². The van der Waals surface area contributed by atoms with Crippen molar-refractivity contribution in [3.63, 3.8) is 0 Å². The molecule has 0 spiro atoms. The number of anilines is 2. The summed E-state index contributed by atoms with van der Waals surface area (Å²) in [5, 5.41) is 0.277. The van der Waals surface area contributed by atoms with Crippen molar-refractivity contribution in [1.82, 2.24) is 24.9 Å². The average molecular weight is 476 g/mol. The van der Waals surface area contributed by atoms with Crippen LogP contribution >= 0.6 is 23.1 Å². The van der Waals surface area contributed by atoms with Crippen LogP contribution in [0.25, 0.3) is 10.2 Å². The number of aromatic amines is 1. The molecule has 170 valence electrons. The van der Waals surface area contributed by atoms with Gasteiger partial charge in [0.2, 0.25) is 11.9 Å². The van der Waals surface area contributed by atoms with Crippen molar-refractivity contribution in [2.45, 2.75) is 50.2 Å². The highest BCUT2D eigenvalue weighted by molar-refractivity contribution is 7.99. The molecule has 0 aromatic carbocycles. The van der Waals surface area contributed by atoms with Gasteiger partial charge in [0.1, 0.15) is 15.9 Å². The standard InChI is InChI=1S/C20H25N7O3S2/c1-10(18(29)30-8-13-24-19(21)26-20(25-13)27(2)3)31-9-14-22-16(28)15-11-6-4-5-7-12(11)32-17(15)23-14/h10H,4-9H2,1-3H3,(H,22,23,28)(H2,21,24,25,26)/t10-/m1/s1. The number of nitrogens with two attached hydrogens (primary N) is 1. The van der Waals surface area contributed by atoms with Gasteiger partial charge in [-0.15, -0.1) is 23.1 Å². The van der Waals surface area contributed by atoms with Gasteiger partial charge in [-0.3, -0.25) is 9.59 Å². The second kappa shape index (κ2) is 9.41. The van der Waals surface area contributed by atoms with Gasteiger partial charge in [-0.05, 0) is 38.2 Å². The van der Waals surface area contributed by atoms with Crippen LogP contribution in [0.4, 0.5) is 11.9 Å². The van der Waals surface area contributed by atoms with E-state index in [4.69, 9.17) is 10.5 Å². The van der Waals surface area contributed by atoms with Crippen LogP contribution in [-0.2, 0) is 34.7 Å². The van der Waals surface area contributed by atoms with E-state index in [0.29, 0.717) is 17.5 Å². The Morgan fingerprint density at radius 3 is 2.81 bits per heavy atom. The molecule has 0 saturated heterocycles. The van der Waals surface area contributed by atoms with Crippen LogP contribution in [0.5, 0.6) is 0 Å². The second-order valence-electron chi connectivity index (χ2n) is 7.77. The van der Waals surface area contributed by atoms with Gasteiger partial charge >= 0.3 is 5.97 Å². The molecule has 3 aromatic heterocycles. The number of rotatable bonds is 7. The van der Waals surface area contributed by atoms with Gasteiger partial charge in [0.05, 0.1) is 11.1 Å². The molecule has 0 aliphatic heterocycles. The zero-order valence-corrected chi connectivity index (χ0v) is 19.8. The molecule has 3 N–H and O–H groups in total.